The van der Waals surface area contributed by atoms with E-state index in [1.807, 2.05) is 9.58 Å². The number of methoxy groups -OCH3 is 1. The number of amides is 1. The van der Waals surface area contributed by atoms with Crippen molar-refractivity contribution in [3.05, 3.63) is 53.5 Å². The molecule has 1 aliphatic rings. The molecule has 1 aliphatic heterocycles. The smallest absolute Gasteiger partial charge is 0.244 e. The van der Waals surface area contributed by atoms with Crippen LogP contribution in [0.1, 0.15) is 23.7 Å². The largest absolute Gasteiger partial charge is 0.494 e. The van der Waals surface area contributed by atoms with Gasteiger partial charge in [-0.25, -0.2) is 9.97 Å². The van der Waals surface area contributed by atoms with Crippen LogP contribution in [0.4, 0.5) is 5.95 Å². The molecule has 168 valence electrons. The van der Waals surface area contributed by atoms with Crippen molar-refractivity contribution in [1.82, 2.24) is 24.6 Å². The number of rotatable bonds is 6. The van der Waals surface area contributed by atoms with E-state index in [-0.39, 0.29) is 12.5 Å². The second-order valence-electron chi connectivity index (χ2n) is 8.12. The molecule has 0 bridgehead atoms. The first-order valence-electron chi connectivity index (χ1n) is 11.0. The number of carbonyl (C=O) groups is 1. The Bertz CT molecular complexity index is 1080. The van der Waals surface area contributed by atoms with Crippen LogP contribution in [0.25, 0.3) is 11.3 Å². The predicted octanol–water partition coefficient (Wildman–Crippen LogP) is 2.88. The second kappa shape index (κ2) is 9.38. The molecule has 1 fully saturated rings. The molecule has 8 nitrogen and oxygen atoms in total. The number of benzene rings is 1. The number of aryl methyl sites for hydroxylation is 3. The van der Waals surface area contributed by atoms with Gasteiger partial charge in [0.05, 0.1) is 25.2 Å². The van der Waals surface area contributed by atoms with Crippen molar-refractivity contribution in [2.24, 2.45) is 0 Å². The van der Waals surface area contributed by atoms with Gasteiger partial charge in [-0.15, -0.1) is 0 Å². The van der Waals surface area contributed by atoms with Crippen molar-refractivity contribution in [3.63, 3.8) is 0 Å². The molecule has 2 aromatic heterocycles. The molecule has 8 heteroatoms. The van der Waals surface area contributed by atoms with Gasteiger partial charge in [-0.3, -0.25) is 9.48 Å². The third-order valence-corrected chi connectivity index (χ3v) is 6.08. The second-order valence-corrected chi connectivity index (χ2v) is 8.12. The number of piperazine rings is 1. The highest BCUT2D eigenvalue weighted by atomic mass is 16.5. The van der Waals surface area contributed by atoms with Crippen LogP contribution < -0.4 is 9.64 Å². The van der Waals surface area contributed by atoms with Gasteiger partial charge in [-0.05, 0) is 43.5 Å². The zero-order valence-corrected chi connectivity index (χ0v) is 19.2. The minimum atomic E-state index is 0.0877. The van der Waals surface area contributed by atoms with Crippen LogP contribution in [0.15, 0.2) is 36.7 Å². The third-order valence-electron chi connectivity index (χ3n) is 6.08. The van der Waals surface area contributed by atoms with E-state index in [0.717, 1.165) is 23.4 Å². The van der Waals surface area contributed by atoms with Crippen LogP contribution in [-0.4, -0.2) is 63.8 Å². The fraction of sp³-hybridized carbons (Fsp3) is 0.417. The van der Waals surface area contributed by atoms with E-state index in [0.29, 0.717) is 37.9 Å². The van der Waals surface area contributed by atoms with Gasteiger partial charge in [0, 0.05) is 37.4 Å². The van der Waals surface area contributed by atoms with Crippen LogP contribution >= 0.6 is 0 Å². The molecule has 0 atom stereocenters. The highest BCUT2D eigenvalue weighted by Gasteiger charge is 2.23. The van der Waals surface area contributed by atoms with Gasteiger partial charge in [0.1, 0.15) is 6.54 Å². The van der Waals surface area contributed by atoms with Crippen LogP contribution in [0.3, 0.4) is 0 Å². The SMILES string of the molecule is CCc1cc(-c2ccc(C)c(C)c2)nn1CC(=O)N1CCN(c2ncc(OC)cn2)CC1. The highest BCUT2D eigenvalue weighted by Crippen LogP contribution is 2.23. The molecule has 0 spiro atoms. The maximum atomic E-state index is 13.0. The zero-order valence-electron chi connectivity index (χ0n) is 19.2. The summed E-state index contributed by atoms with van der Waals surface area (Å²) < 4.78 is 6.97. The van der Waals surface area contributed by atoms with Crippen LogP contribution in [0.5, 0.6) is 5.75 Å². The fourth-order valence-corrected chi connectivity index (χ4v) is 3.88. The Labute approximate surface area is 188 Å². The molecule has 0 aliphatic carbocycles. The van der Waals surface area contributed by atoms with Crippen molar-refractivity contribution in [2.45, 2.75) is 33.7 Å². The number of anilines is 1. The third kappa shape index (κ3) is 4.59. The summed E-state index contributed by atoms with van der Waals surface area (Å²) in [6.45, 7) is 9.24. The van der Waals surface area contributed by atoms with Gasteiger partial charge in [0.2, 0.25) is 11.9 Å². The molecule has 3 aromatic rings. The van der Waals surface area contributed by atoms with E-state index in [1.54, 1.807) is 19.5 Å². The van der Waals surface area contributed by atoms with E-state index >= 15 is 0 Å². The Morgan fingerprint density at radius 2 is 1.75 bits per heavy atom. The standard InChI is InChI=1S/C24H30N6O2/c1-5-20-13-22(19-7-6-17(2)18(3)12-19)27-30(20)16-23(31)28-8-10-29(11-9-28)24-25-14-21(32-4)15-26-24/h6-7,12-15H,5,8-11,16H2,1-4H3. The van der Waals surface area contributed by atoms with Crippen LogP contribution in [0.2, 0.25) is 0 Å². The summed E-state index contributed by atoms with van der Waals surface area (Å²) in [6.07, 6.45) is 4.15. The predicted molar refractivity (Wildman–Crippen MR) is 124 cm³/mol. The van der Waals surface area contributed by atoms with Gasteiger partial charge in [0.15, 0.2) is 5.75 Å². The number of hydrogen-bond acceptors (Lipinski definition) is 6. The molecule has 0 saturated carbocycles. The molecule has 1 amide bonds. The van der Waals surface area contributed by atoms with Crippen molar-refractivity contribution < 1.29 is 9.53 Å². The molecule has 0 N–H and O–H groups in total. The van der Waals surface area contributed by atoms with Crippen molar-refractivity contribution in [3.8, 4) is 17.0 Å². The lowest BCUT2D eigenvalue weighted by Gasteiger charge is -2.34. The molecule has 1 saturated heterocycles. The molecule has 4 rings (SSSR count). The van der Waals surface area contributed by atoms with E-state index < -0.39 is 0 Å². The average molecular weight is 435 g/mol. The maximum absolute atomic E-state index is 13.0. The van der Waals surface area contributed by atoms with E-state index in [4.69, 9.17) is 9.84 Å². The van der Waals surface area contributed by atoms with Crippen molar-refractivity contribution in [1.29, 1.82) is 0 Å². The molecular weight excluding hydrogens is 404 g/mol. The minimum Gasteiger partial charge on any atom is -0.494 e. The summed E-state index contributed by atoms with van der Waals surface area (Å²) in [5.41, 5.74) is 5.57. The summed E-state index contributed by atoms with van der Waals surface area (Å²) >= 11 is 0. The van der Waals surface area contributed by atoms with E-state index in [2.05, 4.69) is 59.9 Å². The number of nitrogens with zero attached hydrogens (tertiary/aromatic N) is 6. The summed E-state index contributed by atoms with van der Waals surface area (Å²) in [5.74, 6) is 1.38. The fourth-order valence-electron chi connectivity index (χ4n) is 3.88. The summed E-state index contributed by atoms with van der Waals surface area (Å²) in [7, 11) is 1.59. The Kier molecular flexibility index (Phi) is 6.39. The molecular formula is C24H30N6O2. The first kappa shape index (κ1) is 21.8. The lowest BCUT2D eigenvalue weighted by atomic mass is 10.0. The van der Waals surface area contributed by atoms with E-state index in [9.17, 15) is 4.79 Å². The molecule has 3 heterocycles. The van der Waals surface area contributed by atoms with Gasteiger partial charge in [-0.2, -0.15) is 5.10 Å². The number of carbonyl (C=O) groups excluding carboxylic acids is 1. The van der Waals surface area contributed by atoms with Gasteiger partial charge < -0.3 is 14.5 Å². The Balaban J connectivity index is 1.40. The van der Waals surface area contributed by atoms with Gasteiger partial charge >= 0.3 is 0 Å². The van der Waals surface area contributed by atoms with Crippen LogP contribution in [-0.2, 0) is 17.8 Å². The van der Waals surface area contributed by atoms with Crippen molar-refractivity contribution in [2.75, 3.05) is 38.2 Å². The highest BCUT2D eigenvalue weighted by molar-refractivity contribution is 5.76. The van der Waals surface area contributed by atoms with Gasteiger partial charge in [0.25, 0.3) is 0 Å². The topological polar surface area (TPSA) is 76.4 Å². The first-order valence-corrected chi connectivity index (χ1v) is 11.0. The number of aromatic nitrogens is 4. The Hall–Kier alpha value is -3.42. The minimum absolute atomic E-state index is 0.0877. The monoisotopic (exact) mass is 434 g/mol. The molecule has 1 aromatic carbocycles. The quantitative estimate of drug-likeness (QED) is 0.594. The molecule has 0 unspecified atom stereocenters. The van der Waals surface area contributed by atoms with E-state index in [1.165, 1.54) is 11.1 Å². The van der Waals surface area contributed by atoms with Gasteiger partial charge in [-0.1, -0.05) is 19.1 Å². The lowest BCUT2D eigenvalue weighted by Crippen LogP contribution is -2.50. The summed E-state index contributed by atoms with van der Waals surface area (Å²) in [5, 5.41) is 4.76. The normalized spacial score (nSPS) is 14.0. The first-order chi connectivity index (χ1) is 15.5. The zero-order chi connectivity index (χ0) is 22.7. The number of hydrogen-bond donors (Lipinski definition) is 0. The number of ether oxygens (including phenoxy) is 1. The molecule has 0 radical (unpaired) electrons. The summed E-state index contributed by atoms with van der Waals surface area (Å²) in [4.78, 5) is 25.7. The van der Waals surface area contributed by atoms with Crippen molar-refractivity contribution >= 4 is 11.9 Å². The Morgan fingerprint density at radius 3 is 2.38 bits per heavy atom. The average Bonchev–Trinajstić information content (AvgIpc) is 3.23. The Morgan fingerprint density at radius 1 is 1.03 bits per heavy atom. The van der Waals surface area contributed by atoms with Crippen LogP contribution in [0, 0.1) is 13.8 Å². The maximum Gasteiger partial charge on any atom is 0.244 e. The lowest BCUT2D eigenvalue weighted by molar-refractivity contribution is -0.132. The molecule has 32 heavy (non-hydrogen) atoms. The summed E-state index contributed by atoms with van der Waals surface area (Å²) in [6, 6.07) is 8.46.